The number of rotatable bonds is 4. The molecule has 3 aromatic carbocycles. The van der Waals surface area contributed by atoms with Crippen molar-refractivity contribution >= 4 is 27.5 Å². The lowest BCUT2D eigenvalue weighted by Crippen LogP contribution is -2.14. The molecule has 0 aliphatic heterocycles. The summed E-state index contributed by atoms with van der Waals surface area (Å²) in [6, 6.07) is 14.2. The molecule has 28 heavy (non-hydrogen) atoms. The van der Waals surface area contributed by atoms with E-state index in [4.69, 9.17) is 4.74 Å². The van der Waals surface area contributed by atoms with Gasteiger partial charge in [0.25, 0.3) is 5.91 Å². The number of anilines is 1. The molecule has 0 spiro atoms. The van der Waals surface area contributed by atoms with Crippen molar-refractivity contribution < 1.29 is 27.1 Å². The van der Waals surface area contributed by atoms with Crippen LogP contribution in [0.2, 0.25) is 0 Å². The number of alkyl halides is 3. The van der Waals surface area contributed by atoms with Crippen molar-refractivity contribution in [3.05, 3.63) is 88.1 Å². The van der Waals surface area contributed by atoms with Crippen LogP contribution in [-0.2, 0) is 6.18 Å². The van der Waals surface area contributed by atoms with Gasteiger partial charge in [-0.05, 0) is 60.7 Å². The molecule has 0 fully saturated rings. The molecule has 0 unspecified atom stereocenters. The van der Waals surface area contributed by atoms with Gasteiger partial charge in [0, 0.05) is 10.0 Å². The summed E-state index contributed by atoms with van der Waals surface area (Å²) < 4.78 is 59.0. The average Bonchev–Trinajstić information content (AvgIpc) is 2.64. The summed E-state index contributed by atoms with van der Waals surface area (Å²) in [5.74, 6) is -1.02. The van der Waals surface area contributed by atoms with Crippen molar-refractivity contribution in [3.8, 4) is 11.5 Å². The Labute approximate surface area is 166 Å². The van der Waals surface area contributed by atoms with E-state index in [0.717, 1.165) is 34.8 Å². The quantitative estimate of drug-likeness (QED) is 0.449. The molecule has 1 amide bonds. The molecule has 0 saturated heterocycles. The van der Waals surface area contributed by atoms with Gasteiger partial charge in [-0.1, -0.05) is 22.0 Å². The number of carbonyl (C=O) groups is 1. The highest BCUT2D eigenvalue weighted by Crippen LogP contribution is 2.37. The second-order valence-electron chi connectivity index (χ2n) is 5.73. The molecule has 8 heteroatoms. The van der Waals surface area contributed by atoms with Gasteiger partial charge in [-0.2, -0.15) is 13.2 Å². The smallest absolute Gasteiger partial charge is 0.416 e. The van der Waals surface area contributed by atoms with Gasteiger partial charge in [0.2, 0.25) is 0 Å². The number of nitrogens with one attached hydrogen (secondary N) is 1. The number of ether oxygens (including phenoxy) is 1. The third kappa shape index (κ3) is 4.89. The van der Waals surface area contributed by atoms with Crippen molar-refractivity contribution in [2.24, 2.45) is 0 Å². The van der Waals surface area contributed by atoms with Crippen LogP contribution in [0.15, 0.2) is 71.2 Å². The van der Waals surface area contributed by atoms with E-state index in [2.05, 4.69) is 21.2 Å². The maximum Gasteiger partial charge on any atom is 0.416 e. The van der Waals surface area contributed by atoms with E-state index in [1.807, 2.05) is 0 Å². The lowest BCUT2D eigenvalue weighted by Gasteiger charge is -2.15. The highest BCUT2D eigenvalue weighted by Gasteiger charge is 2.31. The molecule has 0 heterocycles. The predicted molar refractivity (Wildman–Crippen MR) is 100 cm³/mol. The third-order valence-corrected chi connectivity index (χ3v) is 4.21. The molecule has 0 aliphatic rings. The summed E-state index contributed by atoms with van der Waals surface area (Å²) in [6.07, 6.45) is -4.60. The fourth-order valence-corrected chi connectivity index (χ4v) is 2.61. The molecule has 0 radical (unpaired) electrons. The number of benzene rings is 3. The minimum atomic E-state index is -4.60. The Morgan fingerprint density at radius 1 is 0.964 bits per heavy atom. The monoisotopic (exact) mass is 453 g/mol. The van der Waals surface area contributed by atoms with Gasteiger partial charge in [0.05, 0.1) is 11.3 Å². The molecule has 0 saturated carbocycles. The number of hydrogen-bond donors (Lipinski definition) is 1. The normalized spacial score (nSPS) is 11.2. The summed E-state index contributed by atoms with van der Waals surface area (Å²) in [5.41, 5.74) is -1.18. The van der Waals surface area contributed by atoms with Crippen LogP contribution in [-0.4, -0.2) is 5.91 Å². The first-order valence-electron chi connectivity index (χ1n) is 7.94. The minimum absolute atomic E-state index is 0.0140. The van der Waals surface area contributed by atoms with E-state index in [9.17, 15) is 22.4 Å². The Balaban J connectivity index is 1.95. The number of amides is 1. The maximum absolute atomic E-state index is 13.3. The third-order valence-electron chi connectivity index (χ3n) is 3.68. The van der Waals surface area contributed by atoms with E-state index in [0.29, 0.717) is 5.75 Å². The molecule has 0 atom stereocenters. The van der Waals surface area contributed by atoms with Gasteiger partial charge in [-0.3, -0.25) is 4.79 Å². The molecular weight excluding hydrogens is 442 g/mol. The number of carbonyl (C=O) groups excluding carboxylic acids is 1. The van der Waals surface area contributed by atoms with Crippen LogP contribution in [0.1, 0.15) is 15.9 Å². The molecular formula is C20H12BrF4NO2. The molecule has 3 rings (SSSR count). The van der Waals surface area contributed by atoms with Crippen molar-refractivity contribution in [1.82, 2.24) is 0 Å². The summed E-state index contributed by atoms with van der Waals surface area (Å²) in [7, 11) is 0. The Hall–Kier alpha value is -2.87. The van der Waals surface area contributed by atoms with E-state index in [1.165, 1.54) is 12.1 Å². The molecule has 0 bridgehead atoms. The van der Waals surface area contributed by atoms with Crippen molar-refractivity contribution in [2.45, 2.75) is 6.18 Å². The highest BCUT2D eigenvalue weighted by molar-refractivity contribution is 9.10. The SMILES string of the molecule is O=C(Nc1cc(C(F)(F)F)ccc1Oc1ccc(Br)cc1)c1cccc(F)c1. The van der Waals surface area contributed by atoms with Crippen LogP contribution >= 0.6 is 15.9 Å². The molecule has 144 valence electrons. The fraction of sp³-hybridized carbons (Fsp3) is 0.0500. The van der Waals surface area contributed by atoms with Crippen LogP contribution < -0.4 is 10.1 Å². The highest BCUT2D eigenvalue weighted by atomic mass is 79.9. The van der Waals surface area contributed by atoms with Gasteiger partial charge < -0.3 is 10.1 Å². The number of halogens is 5. The van der Waals surface area contributed by atoms with Crippen LogP contribution in [0.25, 0.3) is 0 Å². The van der Waals surface area contributed by atoms with Crippen LogP contribution in [0, 0.1) is 5.82 Å². The zero-order valence-electron chi connectivity index (χ0n) is 14.1. The van der Waals surface area contributed by atoms with Crippen molar-refractivity contribution in [3.63, 3.8) is 0 Å². The molecule has 3 aromatic rings. The maximum atomic E-state index is 13.3. The molecule has 0 aromatic heterocycles. The minimum Gasteiger partial charge on any atom is -0.455 e. The second kappa shape index (κ2) is 8.02. The summed E-state index contributed by atoms with van der Waals surface area (Å²) in [4.78, 5) is 12.4. The molecule has 0 aliphatic carbocycles. The van der Waals surface area contributed by atoms with Crippen LogP contribution in [0.4, 0.5) is 23.2 Å². The lowest BCUT2D eigenvalue weighted by atomic mass is 10.1. The van der Waals surface area contributed by atoms with Crippen LogP contribution in [0.5, 0.6) is 11.5 Å². The van der Waals surface area contributed by atoms with E-state index < -0.39 is 23.5 Å². The molecule has 1 N–H and O–H groups in total. The molecule has 3 nitrogen and oxygen atoms in total. The summed E-state index contributed by atoms with van der Waals surface area (Å²) in [5, 5.41) is 2.36. The first-order chi connectivity index (χ1) is 13.2. The van der Waals surface area contributed by atoms with Gasteiger partial charge >= 0.3 is 6.18 Å². The summed E-state index contributed by atoms with van der Waals surface area (Å²) >= 11 is 3.27. The first kappa shape index (κ1) is 19.9. The standard InChI is InChI=1S/C20H12BrF4NO2/c21-14-5-7-16(8-6-14)28-18-9-4-13(20(23,24)25)11-17(18)26-19(27)12-2-1-3-15(22)10-12/h1-11H,(H,26,27). The van der Waals surface area contributed by atoms with E-state index in [1.54, 1.807) is 24.3 Å². The number of hydrogen-bond acceptors (Lipinski definition) is 2. The van der Waals surface area contributed by atoms with Gasteiger partial charge in [0.15, 0.2) is 5.75 Å². The first-order valence-corrected chi connectivity index (χ1v) is 8.73. The van der Waals surface area contributed by atoms with Gasteiger partial charge in [0.1, 0.15) is 11.6 Å². The largest absolute Gasteiger partial charge is 0.455 e. The van der Waals surface area contributed by atoms with Crippen molar-refractivity contribution in [2.75, 3.05) is 5.32 Å². The Morgan fingerprint density at radius 2 is 1.68 bits per heavy atom. The fourth-order valence-electron chi connectivity index (χ4n) is 2.35. The zero-order valence-corrected chi connectivity index (χ0v) is 15.6. The Bertz CT molecular complexity index is 1000. The van der Waals surface area contributed by atoms with Crippen LogP contribution in [0.3, 0.4) is 0 Å². The van der Waals surface area contributed by atoms with Crippen molar-refractivity contribution in [1.29, 1.82) is 0 Å². The average molecular weight is 454 g/mol. The van der Waals surface area contributed by atoms with Gasteiger partial charge in [-0.15, -0.1) is 0 Å². The Kier molecular flexibility index (Phi) is 5.69. The lowest BCUT2D eigenvalue weighted by molar-refractivity contribution is -0.137. The van der Waals surface area contributed by atoms with E-state index in [-0.39, 0.29) is 17.0 Å². The predicted octanol–water partition coefficient (Wildman–Crippen LogP) is 6.65. The van der Waals surface area contributed by atoms with E-state index >= 15 is 0 Å². The topological polar surface area (TPSA) is 38.3 Å². The second-order valence-corrected chi connectivity index (χ2v) is 6.64. The van der Waals surface area contributed by atoms with Gasteiger partial charge in [-0.25, -0.2) is 4.39 Å². The summed E-state index contributed by atoms with van der Waals surface area (Å²) in [6.45, 7) is 0. The Morgan fingerprint density at radius 3 is 2.32 bits per heavy atom. The zero-order chi connectivity index (χ0) is 20.3.